The molecule has 0 aliphatic rings. The highest BCUT2D eigenvalue weighted by Crippen LogP contribution is 2.32. The van der Waals surface area contributed by atoms with Gasteiger partial charge in [-0.25, -0.2) is 0 Å². The molecule has 0 aliphatic carbocycles. The first-order chi connectivity index (χ1) is 11.3. The molecular formula is C19H22N2O3. The molecule has 0 spiro atoms. The Morgan fingerprint density at radius 3 is 1.88 bits per heavy atom. The summed E-state index contributed by atoms with van der Waals surface area (Å²) < 4.78 is 0. The Balaban J connectivity index is 2.35. The topological polar surface area (TPSA) is 72.2 Å². The van der Waals surface area contributed by atoms with Gasteiger partial charge in [-0.05, 0) is 35.1 Å². The van der Waals surface area contributed by atoms with Gasteiger partial charge in [0.2, 0.25) is 0 Å². The van der Waals surface area contributed by atoms with E-state index in [1.165, 1.54) is 24.3 Å². The molecule has 0 heterocycles. The van der Waals surface area contributed by atoms with Crippen LogP contribution in [0.15, 0.2) is 42.5 Å². The fraction of sp³-hybridized carbons (Fsp3) is 0.316. The Bertz CT molecular complexity index is 723. The Labute approximate surface area is 141 Å². The number of amides is 1. The molecule has 0 saturated carbocycles. The van der Waals surface area contributed by atoms with Crippen LogP contribution in [0.25, 0.3) is 0 Å². The fourth-order valence-corrected chi connectivity index (χ4v) is 2.62. The molecule has 0 atom stereocenters. The normalized spacial score (nSPS) is 10.9. The van der Waals surface area contributed by atoms with E-state index in [4.69, 9.17) is 0 Å². The first kappa shape index (κ1) is 17.7. The van der Waals surface area contributed by atoms with E-state index < -0.39 is 4.92 Å². The lowest BCUT2D eigenvalue weighted by Gasteiger charge is -2.20. The van der Waals surface area contributed by atoms with Crippen LogP contribution >= 0.6 is 0 Å². The van der Waals surface area contributed by atoms with Crippen molar-refractivity contribution >= 4 is 17.3 Å². The molecule has 2 aromatic carbocycles. The summed E-state index contributed by atoms with van der Waals surface area (Å²) in [5, 5.41) is 13.7. The van der Waals surface area contributed by atoms with Gasteiger partial charge in [-0.1, -0.05) is 45.9 Å². The minimum Gasteiger partial charge on any atom is -0.321 e. The number of carbonyl (C=O) groups excluding carboxylic acids is 1. The Morgan fingerprint density at radius 2 is 1.46 bits per heavy atom. The minimum absolute atomic E-state index is 0.0306. The maximum Gasteiger partial charge on any atom is 0.269 e. The third-order valence-corrected chi connectivity index (χ3v) is 3.95. The summed E-state index contributed by atoms with van der Waals surface area (Å²) >= 11 is 0. The number of nitro groups is 1. The molecule has 0 aliphatic heterocycles. The first-order valence-corrected chi connectivity index (χ1v) is 8.00. The Morgan fingerprint density at radius 1 is 0.958 bits per heavy atom. The number of hydrogen-bond acceptors (Lipinski definition) is 3. The lowest BCUT2D eigenvalue weighted by Crippen LogP contribution is -2.16. The highest BCUT2D eigenvalue weighted by Gasteiger charge is 2.17. The quantitative estimate of drug-likeness (QED) is 0.614. The number of hydrogen-bond donors (Lipinski definition) is 1. The average Bonchev–Trinajstić information content (AvgIpc) is 2.54. The summed E-state index contributed by atoms with van der Waals surface area (Å²) in [6.07, 6.45) is 0. The van der Waals surface area contributed by atoms with E-state index in [-0.39, 0.29) is 23.4 Å². The van der Waals surface area contributed by atoms with Crippen LogP contribution in [-0.4, -0.2) is 10.8 Å². The second-order valence-corrected chi connectivity index (χ2v) is 6.38. The maximum absolute atomic E-state index is 12.6. The van der Waals surface area contributed by atoms with E-state index in [1.54, 1.807) is 0 Å². The standard InChI is InChI=1S/C19H22N2O3/c1-12(2)16-6-5-7-17(13(3)4)18(16)20-19(22)14-8-10-15(11-9-14)21(23)24/h5-13H,1-4H3,(H,20,22). The van der Waals surface area contributed by atoms with Gasteiger partial charge in [0.15, 0.2) is 0 Å². The zero-order valence-electron chi connectivity index (χ0n) is 14.4. The molecule has 126 valence electrons. The summed E-state index contributed by atoms with van der Waals surface area (Å²) in [6, 6.07) is 11.7. The predicted molar refractivity (Wildman–Crippen MR) is 95.7 cm³/mol. The molecule has 2 rings (SSSR count). The molecular weight excluding hydrogens is 304 g/mol. The molecule has 2 aromatic rings. The molecule has 0 radical (unpaired) electrons. The van der Waals surface area contributed by atoms with Crippen molar-refractivity contribution in [3.05, 3.63) is 69.3 Å². The van der Waals surface area contributed by atoms with Crippen molar-refractivity contribution in [2.24, 2.45) is 0 Å². The highest BCUT2D eigenvalue weighted by atomic mass is 16.6. The average molecular weight is 326 g/mol. The molecule has 24 heavy (non-hydrogen) atoms. The maximum atomic E-state index is 12.6. The van der Waals surface area contributed by atoms with Gasteiger partial charge in [0.05, 0.1) is 4.92 Å². The van der Waals surface area contributed by atoms with Crippen molar-refractivity contribution < 1.29 is 9.72 Å². The SMILES string of the molecule is CC(C)c1cccc(C(C)C)c1NC(=O)c1ccc([N+](=O)[O-])cc1. The third kappa shape index (κ3) is 3.79. The molecule has 5 nitrogen and oxygen atoms in total. The van der Waals surface area contributed by atoms with Crippen LogP contribution in [0.2, 0.25) is 0 Å². The van der Waals surface area contributed by atoms with Crippen LogP contribution in [0, 0.1) is 10.1 Å². The van der Waals surface area contributed by atoms with Crippen molar-refractivity contribution in [3.63, 3.8) is 0 Å². The molecule has 5 heteroatoms. The molecule has 1 N–H and O–H groups in total. The van der Waals surface area contributed by atoms with E-state index in [0.29, 0.717) is 5.56 Å². The fourth-order valence-electron chi connectivity index (χ4n) is 2.62. The van der Waals surface area contributed by atoms with Crippen molar-refractivity contribution in [2.75, 3.05) is 5.32 Å². The first-order valence-electron chi connectivity index (χ1n) is 8.00. The van der Waals surface area contributed by atoms with Gasteiger partial charge < -0.3 is 5.32 Å². The summed E-state index contributed by atoms with van der Waals surface area (Å²) in [6.45, 7) is 8.34. The van der Waals surface area contributed by atoms with Crippen molar-refractivity contribution in [2.45, 2.75) is 39.5 Å². The second-order valence-electron chi connectivity index (χ2n) is 6.38. The number of nitro benzene ring substituents is 1. The van der Waals surface area contributed by atoms with Gasteiger partial charge in [-0.3, -0.25) is 14.9 Å². The third-order valence-electron chi connectivity index (χ3n) is 3.95. The molecule has 0 fully saturated rings. The number of nitrogens with one attached hydrogen (secondary N) is 1. The number of benzene rings is 2. The number of nitrogens with zero attached hydrogens (tertiary/aromatic N) is 1. The largest absolute Gasteiger partial charge is 0.321 e. The number of non-ortho nitro benzene ring substituents is 1. The molecule has 0 aromatic heterocycles. The van der Waals surface area contributed by atoms with Crippen LogP contribution in [0.4, 0.5) is 11.4 Å². The predicted octanol–water partition coefficient (Wildman–Crippen LogP) is 5.09. The summed E-state index contributed by atoms with van der Waals surface area (Å²) in [5.41, 5.74) is 3.37. The van der Waals surface area contributed by atoms with E-state index in [2.05, 4.69) is 33.0 Å². The second kappa shape index (κ2) is 7.25. The van der Waals surface area contributed by atoms with Crippen molar-refractivity contribution in [1.82, 2.24) is 0 Å². The van der Waals surface area contributed by atoms with Gasteiger partial charge in [0.1, 0.15) is 0 Å². The van der Waals surface area contributed by atoms with Crippen LogP contribution < -0.4 is 5.32 Å². The molecule has 0 unspecified atom stereocenters. The van der Waals surface area contributed by atoms with Gasteiger partial charge >= 0.3 is 0 Å². The van der Waals surface area contributed by atoms with Crippen LogP contribution in [-0.2, 0) is 0 Å². The number of anilines is 1. The van der Waals surface area contributed by atoms with Gasteiger partial charge in [0.25, 0.3) is 11.6 Å². The van der Waals surface area contributed by atoms with E-state index >= 15 is 0 Å². The summed E-state index contributed by atoms with van der Waals surface area (Å²) in [7, 11) is 0. The van der Waals surface area contributed by atoms with Crippen molar-refractivity contribution in [1.29, 1.82) is 0 Å². The summed E-state index contributed by atoms with van der Waals surface area (Å²) in [4.78, 5) is 22.8. The minimum atomic E-state index is -0.480. The van der Waals surface area contributed by atoms with Crippen LogP contribution in [0.5, 0.6) is 0 Å². The Hall–Kier alpha value is -2.69. The van der Waals surface area contributed by atoms with E-state index in [0.717, 1.165) is 16.8 Å². The zero-order valence-corrected chi connectivity index (χ0v) is 14.4. The lowest BCUT2D eigenvalue weighted by molar-refractivity contribution is -0.384. The van der Waals surface area contributed by atoms with E-state index in [9.17, 15) is 14.9 Å². The molecule has 1 amide bonds. The number of carbonyl (C=O) groups is 1. The summed E-state index contributed by atoms with van der Waals surface area (Å²) in [5.74, 6) is 0.284. The monoisotopic (exact) mass is 326 g/mol. The number of para-hydroxylation sites is 1. The zero-order chi connectivity index (χ0) is 17.9. The number of rotatable bonds is 5. The smallest absolute Gasteiger partial charge is 0.269 e. The van der Waals surface area contributed by atoms with Gasteiger partial charge in [0, 0.05) is 23.4 Å². The molecule has 0 saturated heterocycles. The highest BCUT2D eigenvalue weighted by molar-refractivity contribution is 6.05. The van der Waals surface area contributed by atoms with Crippen LogP contribution in [0.1, 0.15) is 61.0 Å². The van der Waals surface area contributed by atoms with Crippen LogP contribution in [0.3, 0.4) is 0 Å². The van der Waals surface area contributed by atoms with Gasteiger partial charge in [-0.15, -0.1) is 0 Å². The molecule has 0 bridgehead atoms. The van der Waals surface area contributed by atoms with Gasteiger partial charge in [-0.2, -0.15) is 0 Å². The van der Waals surface area contributed by atoms with Crippen molar-refractivity contribution in [3.8, 4) is 0 Å². The lowest BCUT2D eigenvalue weighted by atomic mass is 9.92. The Kier molecular flexibility index (Phi) is 5.34. The van der Waals surface area contributed by atoms with E-state index in [1.807, 2.05) is 18.2 Å².